The summed E-state index contributed by atoms with van der Waals surface area (Å²) in [5, 5.41) is 2.61. The molecule has 0 spiro atoms. The molecule has 0 saturated heterocycles. The van der Waals surface area contributed by atoms with Crippen LogP contribution in [0.15, 0.2) is 39.8 Å². The van der Waals surface area contributed by atoms with Gasteiger partial charge in [0.25, 0.3) is 5.91 Å². The van der Waals surface area contributed by atoms with Crippen molar-refractivity contribution in [1.82, 2.24) is 9.62 Å². The second-order valence-corrected chi connectivity index (χ2v) is 7.75. The fourth-order valence-electron chi connectivity index (χ4n) is 1.77. The van der Waals surface area contributed by atoms with Gasteiger partial charge in [0.15, 0.2) is 0 Å². The molecule has 2 aromatic rings. The van der Waals surface area contributed by atoms with Gasteiger partial charge in [-0.25, -0.2) is 12.7 Å². The van der Waals surface area contributed by atoms with E-state index in [1.165, 1.54) is 26.4 Å². The smallest absolute Gasteiger partial charge is 0.253 e. The van der Waals surface area contributed by atoms with Crippen LogP contribution < -0.4 is 5.32 Å². The molecule has 0 atom stereocenters. The van der Waals surface area contributed by atoms with E-state index in [1.54, 1.807) is 12.1 Å². The summed E-state index contributed by atoms with van der Waals surface area (Å²) in [4.78, 5) is 12.0. The van der Waals surface area contributed by atoms with E-state index in [4.69, 9.17) is 27.6 Å². The van der Waals surface area contributed by atoms with E-state index in [0.717, 1.165) is 10.4 Å². The number of hydrogen-bond donors (Lipinski definition) is 1. The fraction of sp³-hybridized carbons (Fsp3) is 0.214. The third-order valence-corrected chi connectivity index (χ3v) is 5.62. The van der Waals surface area contributed by atoms with Crippen molar-refractivity contribution in [2.45, 2.75) is 11.4 Å². The Kier molecular flexibility index (Phi) is 5.36. The van der Waals surface area contributed by atoms with Gasteiger partial charge in [-0.1, -0.05) is 23.2 Å². The minimum absolute atomic E-state index is 0.0167. The first kappa shape index (κ1) is 17.8. The molecule has 6 nitrogen and oxygen atoms in total. The molecule has 23 heavy (non-hydrogen) atoms. The van der Waals surface area contributed by atoms with Crippen molar-refractivity contribution in [3.05, 3.63) is 51.9 Å². The molecule has 0 bridgehead atoms. The predicted molar refractivity (Wildman–Crippen MR) is 87.2 cm³/mol. The largest absolute Gasteiger partial charge is 0.467 e. The molecule has 1 heterocycles. The molecular weight excluding hydrogens is 363 g/mol. The third-order valence-electron chi connectivity index (χ3n) is 3.03. The summed E-state index contributed by atoms with van der Waals surface area (Å²) in [7, 11) is -1.05. The van der Waals surface area contributed by atoms with Crippen LogP contribution in [0.25, 0.3) is 0 Å². The summed E-state index contributed by atoms with van der Waals surface area (Å²) < 4.78 is 30.6. The monoisotopic (exact) mass is 376 g/mol. The highest BCUT2D eigenvalue weighted by Gasteiger charge is 2.24. The quantitative estimate of drug-likeness (QED) is 0.869. The molecule has 0 saturated carbocycles. The van der Waals surface area contributed by atoms with E-state index in [-0.39, 0.29) is 27.0 Å². The van der Waals surface area contributed by atoms with Crippen LogP contribution >= 0.6 is 23.2 Å². The molecule has 0 unspecified atom stereocenters. The average Bonchev–Trinajstić information content (AvgIpc) is 2.97. The third kappa shape index (κ3) is 3.87. The minimum Gasteiger partial charge on any atom is -0.467 e. The lowest BCUT2D eigenvalue weighted by Gasteiger charge is -2.14. The van der Waals surface area contributed by atoms with E-state index < -0.39 is 15.9 Å². The first-order valence-corrected chi connectivity index (χ1v) is 8.65. The highest BCUT2D eigenvalue weighted by atomic mass is 35.5. The van der Waals surface area contributed by atoms with Crippen molar-refractivity contribution >= 4 is 39.1 Å². The molecule has 1 N–H and O–H groups in total. The van der Waals surface area contributed by atoms with Crippen molar-refractivity contribution in [1.29, 1.82) is 0 Å². The Balaban J connectivity index is 2.33. The maximum Gasteiger partial charge on any atom is 0.253 e. The maximum atomic E-state index is 12.2. The molecule has 0 aliphatic heterocycles. The molecule has 0 aliphatic rings. The Labute approximate surface area is 144 Å². The molecule has 9 heteroatoms. The number of halogens is 2. The summed E-state index contributed by atoms with van der Waals surface area (Å²) in [5.74, 6) is 0.0304. The topological polar surface area (TPSA) is 79.6 Å². The summed E-state index contributed by atoms with van der Waals surface area (Å²) >= 11 is 12.0. The second kappa shape index (κ2) is 6.92. The summed E-state index contributed by atoms with van der Waals surface area (Å²) in [6.07, 6.45) is 1.48. The Morgan fingerprint density at radius 1 is 1.26 bits per heavy atom. The number of carbonyl (C=O) groups is 1. The number of sulfonamides is 1. The van der Waals surface area contributed by atoms with Crippen molar-refractivity contribution in [2.75, 3.05) is 14.1 Å². The molecule has 0 fully saturated rings. The number of carbonyl (C=O) groups excluding carboxylic acids is 1. The van der Waals surface area contributed by atoms with Gasteiger partial charge in [0, 0.05) is 14.1 Å². The molecule has 2 rings (SSSR count). The zero-order valence-electron chi connectivity index (χ0n) is 12.3. The zero-order chi connectivity index (χ0) is 17.2. The number of furan rings is 1. The number of rotatable bonds is 5. The van der Waals surface area contributed by atoms with Gasteiger partial charge in [-0.2, -0.15) is 0 Å². The number of nitrogens with one attached hydrogen (secondary N) is 1. The number of amides is 1. The molecular formula is C14H14Cl2N2O4S. The average molecular weight is 377 g/mol. The van der Waals surface area contributed by atoms with Crippen LogP contribution in [-0.4, -0.2) is 32.7 Å². The van der Waals surface area contributed by atoms with E-state index in [9.17, 15) is 13.2 Å². The summed E-state index contributed by atoms with van der Waals surface area (Å²) in [5.41, 5.74) is 0.0167. The SMILES string of the molecule is CN(C)S(=O)(=O)c1cc(C(=O)NCc2ccco2)c(Cl)cc1Cl. The lowest BCUT2D eigenvalue weighted by atomic mass is 10.2. The Bertz CT molecular complexity index is 818. The van der Waals surface area contributed by atoms with E-state index in [2.05, 4.69) is 5.32 Å². The Morgan fingerprint density at radius 3 is 2.52 bits per heavy atom. The van der Waals surface area contributed by atoms with Gasteiger partial charge in [0.1, 0.15) is 10.7 Å². The highest BCUT2D eigenvalue weighted by Crippen LogP contribution is 2.30. The van der Waals surface area contributed by atoms with Gasteiger partial charge in [-0.15, -0.1) is 0 Å². The molecule has 0 radical (unpaired) electrons. The lowest BCUT2D eigenvalue weighted by molar-refractivity contribution is 0.0948. The van der Waals surface area contributed by atoms with E-state index in [0.29, 0.717) is 5.76 Å². The number of hydrogen-bond acceptors (Lipinski definition) is 4. The Hall–Kier alpha value is -1.54. The number of benzene rings is 1. The van der Waals surface area contributed by atoms with Crippen LogP contribution in [0.1, 0.15) is 16.1 Å². The normalized spacial score (nSPS) is 11.7. The van der Waals surface area contributed by atoms with Crippen LogP contribution in [-0.2, 0) is 16.6 Å². The van der Waals surface area contributed by atoms with Gasteiger partial charge < -0.3 is 9.73 Å². The van der Waals surface area contributed by atoms with Gasteiger partial charge in [0.05, 0.1) is 28.4 Å². The zero-order valence-corrected chi connectivity index (χ0v) is 14.7. The van der Waals surface area contributed by atoms with Gasteiger partial charge in [-0.05, 0) is 24.3 Å². The standard InChI is InChI=1S/C14H14Cl2N2O4S/c1-18(2)23(20,21)13-6-10(11(15)7-12(13)16)14(19)17-8-9-4-3-5-22-9/h3-7H,8H2,1-2H3,(H,17,19). The molecule has 1 aromatic heterocycles. The molecule has 1 aromatic carbocycles. The van der Waals surface area contributed by atoms with Crippen molar-refractivity contribution in [3.63, 3.8) is 0 Å². The van der Waals surface area contributed by atoms with Crippen LogP contribution in [0.5, 0.6) is 0 Å². The van der Waals surface area contributed by atoms with Crippen LogP contribution in [0, 0.1) is 0 Å². The number of nitrogens with zero attached hydrogens (tertiary/aromatic N) is 1. The molecule has 0 aliphatic carbocycles. The first-order chi connectivity index (χ1) is 10.7. The van der Waals surface area contributed by atoms with Crippen LogP contribution in [0.2, 0.25) is 10.0 Å². The fourth-order valence-corrected chi connectivity index (χ4v) is 3.50. The van der Waals surface area contributed by atoms with Gasteiger partial charge in [0.2, 0.25) is 10.0 Å². The van der Waals surface area contributed by atoms with Gasteiger partial charge in [-0.3, -0.25) is 4.79 Å². The molecule has 1 amide bonds. The highest BCUT2D eigenvalue weighted by molar-refractivity contribution is 7.89. The maximum absolute atomic E-state index is 12.2. The summed E-state index contributed by atoms with van der Waals surface area (Å²) in [6.45, 7) is 0.153. The van der Waals surface area contributed by atoms with E-state index in [1.807, 2.05) is 0 Å². The lowest BCUT2D eigenvalue weighted by Crippen LogP contribution is -2.25. The van der Waals surface area contributed by atoms with Crippen LogP contribution in [0.3, 0.4) is 0 Å². The summed E-state index contributed by atoms with van der Waals surface area (Å²) in [6, 6.07) is 5.79. The van der Waals surface area contributed by atoms with E-state index >= 15 is 0 Å². The first-order valence-electron chi connectivity index (χ1n) is 6.45. The predicted octanol–water partition coefficient (Wildman–Crippen LogP) is 2.77. The van der Waals surface area contributed by atoms with Crippen LogP contribution in [0.4, 0.5) is 0 Å². The van der Waals surface area contributed by atoms with Crippen molar-refractivity contribution < 1.29 is 17.6 Å². The van der Waals surface area contributed by atoms with Crippen molar-refractivity contribution in [3.8, 4) is 0 Å². The minimum atomic E-state index is -3.79. The second-order valence-electron chi connectivity index (χ2n) is 4.81. The molecule has 124 valence electrons. The van der Waals surface area contributed by atoms with Gasteiger partial charge >= 0.3 is 0 Å². The van der Waals surface area contributed by atoms with Crippen molar-refractivity contribution in [2.24, 2.45) is 0 Å². The Morgan fingerprint density at radius 2 is 1.96 bits per heavy atom.